The molecule has 11 heteroatoms. The Bertz CT molecular complexity index is 1180. The molecule has 1 fully saturated rings. The number of carbonyl (C=O) groups excluding carboxylic acids is 2. The number of aryl methyl sites for hydroxylation is 1. The minimum absolute atomic E-state index is 0.258. The van der Waals surface area contributed by atoms with Gasteiger partial charge >= 0.3 is 5.97 Å². The number of β-lactam (4-membered cyclic amide) rings is 1. The summed E-state index contributed by atoms with van der Waals surface area (Å²) in [5.41, 5.74) is 8.46. The molecule has 2 aromatic carbocycles. The van der Waals surface area contributed by atoms with Gasteiger partial charge in [-0.05, 0) is 32.5 Å². The van der Waals surface area contributed by atoms with Crippen molar-refractivity contribution in [2.24, 2.45) is 12.8 Å². The van der Waals surface area contributed by atoms with Crippen molar-refractivity contribution >= 4 is 35.4 Å². The molecule has 3 heterocycles. The van der Waals surface area contributed by atoms with Gasteiger partial charge in [0.05, 0.1) is 0 Å². The average Bonchev–Trinajstić information content (AvgIpc) is 3.30. The number of carbonyl (C=O) groups is 2. The standard InChI is InChI=1S/C23H22N6O3S2/c1-28-23(25-26-27-28)34-13-16-12-33-21-17(24)20(30)29(21)18(16)22(31)32-19(14-8-4-2-5-9-14)15-10-6-3-7-11-15/h2-12,17-19,21H,13,24H2,1H3/t17?,18?,21-/m1/s1. The van der Waals surface area contributed by atoms with Crippen LogP contribution in [-0.4, -0.2) is 60.2 Å². The van der Waals surface area contributed by atoms with Gasteiger partial charge < -0.3 is 15.4 Å². The lowest BCUT2D eigenvalue weighted by Crippen LogP contribution is -2.72. The quantitative estimate of drug-likeness (QED) is 0.299. The van der Waals surface area contributed by atoms with Crippen molar-refractivity contribution in [3.8, 4) is 0 Å². The van der Waals surface area contributed by atoms with E-state index in [2.05, 4.69) is 15.5 Å². The molecule has 2 unspecified atom stereocenters. The number of rotatable bonds is 7. The van der Waals surface area contributed by atoms with Gasteiger partial charge in [-0.15, -0.1) is 16.9 Å². The molecule has 1 saturated heterocycles. The highest BCUT2D eigenvalue weighted by Gasteiger charge is 2.54. The molecule has 2 aliphatic rings. The molecule has 2 aliphatic heterocycles. The Hall–Kier alpha value is -3.15. The molecule has 1 aromatic heterocycles. The van der Waals surface area contributed by atoms with Crippen molar-refractivity contribution in [3.63, 3.8) is 0 Å². The highest BCUT2D eigenvalue weighted by atomic mass is 32.2. The number of tetrazole rings is 1. The summed E-state index contributed by atoms with van der Waals surface area (Å²) in [7, 11) is 1.75. The van der Waals surface area contributed by atoms with Crippen molar-refractivity contribution in [1.82, 2.24) is 25.1 Å². The molecule has 2 N–H and O–H groups in total. The van der Waals surface area contributed by atoms with Gasteiger partial charge in [0.1, 0.15) is 11.4 Å². The lowest BCUT2D eigenvalue weighted by molar-refractivity contribution is -0.163. The Morgan fingerprint density at radius 1 is 1.15 bits per heavy atom. The van der Waals surface area contributed by atoms with Crippen LogP contribution in [0.5, 0.6) is 0 Å². The second-order valence-electron chi connectivity index (χ2n) is 7.91. The molecule has 1 amide bonds. The van der Waals surface area contributed by atoms with Crippen molar-refractivity contribution in [1.29, 1.82) is 0 Å². The van der Waals surface area contributed by atoms with Crippen LogP contribution in [0.3, 0.4) is 0 Å². The number of nitrogens with two attached hydrogens (primary N) is 1. The summed E-state index contributed by atoms with van der Waals surface area (Å²) < 4.78 is 7.67. The van der Waals surface area contributed by atoms with Gasteiger partial charge in [0.15, 0.2) is 12.1 Å². The van der Waals surface area contributed by atoms with Gasteiger partial charge in [0.2, 0.25) is 11.1 Å². The number of aromatic nitrogens is 4. The van der Waals surface area contributed by atoms with Crippen molar-refractivity contribution in [3.05, 3.63) is 82.8 Å². The largest absolute Gasteiger partial charge is 0.451 e. The molecule has 174 valence electrons. The number of hydrogen-bond acceptors (Lipinski definition) is 9. The van der Waals surface area contributed by atoms with Crippen molar-refractivity contribution in [2.75, 3.05) is 5.75 Å². The normalized spacial score (nSPS) is 21.6. The number of amides is 1. The van der Waals surface area contributed by atoms with Crippen LogP contribution in [0, 0.1) is 0 Å². The van der Waals surface area contributed by atoms with E-state index in [4.69, 9.17) is 10.5 Å². The topological polar surface area (TPSA) is 116 Å². The molecule has 9 nitrogen and oxygen atoms in total. The summed E-state index contributed by atoms with van der Waals surface area (Å²) in [6.45, 7) is 0. The zero-order valence-electron chi connectivity index (χ0n) is 18.2. The van der Waals surface area contributed by atoms with E-state index in [0.717, 1.165) is 16.7 Å². The fourth-order valence-corrected chi connectivity index (χ4v) is 6.10. The first-order valence-electron chi connectivity index (χ1n) is 10.6. The highest BCUT2D eigenvalue weighted by Crippen LogP contribution is 2.41. The smallest absolute Gasteiger partial charge is 0.334 e. The van der Waals surface area contributed by atoms with Crippen LogP contribution in [0.1, 0.15) is 17.2 Å². The molecule has 0 aliphatic carbocycles. The number of esters is 1. The molecule has 0 saturated carbocycles. The van der Waals surface area contributed by atoms with Gasteiger partial charge in [0.25, 0.3) is 0 Å². The van der Waals surface area contributed by atoms with E-state index < -0.39 is 24.2 Å². The first-order chi connectivity index (χ1) is 16.5. The monoisotopic (exact) mass is 494 g/mol. The molecule has 0 radical (unpaired) electrons. The van der Waals surface area contributed by atoms with E-state index in [1.54, 1.807) is 11.7 Å². The molecular formula is C23H22N6O3S2. The maximum Gasteiger partial charge on any atom is 0.334 e. The van der Waals surface area contributed by atoms with Crippen LogP contribution < -0.4 is 5.73 Å². The average molecular weight is 495 g/mol. The zero-order valence-corrected chi connectivity index (χ0v) is 19.9. The van der Waals surface area contributed by atoms with Gasteiger partial charge in [-0.2, -0.15) is 0 Å². The predicted octanol–water partition coefficient (Wildman–Crippen LogP) is 2.13. The number of hydrogen-bond donors (Lipinski definition) is 1. The maximum atomic E-state index is 13.7. The second-order valence-corrected chi connectivity index (χ2v) is 9.84. The number of thioether (sulfide) groups is 2. The third-order valence-corrected chi connectivity index (χ3v) is 8.04. The minimum atomic E-state index is -0.859. The minimum Gasteiger partial charge on any atom is -0.451 e. The van der Waals surface area contributed by atoms with Crippen molar-refractivity contribution in [2.45, 2.75) is 28.7 Å². The number of ether oxygens (including phenoxy) is 1. The predicted molar refractivity (Wildman–Crippen MR) is 128 cm³/mol. The molecule has 3 aromatic rings. The lowest BCUT2D eigenvalue weighted by atomic mass is 9.98. The number of benzene rings is 2. The van der Waals surface area contributed by atoms with E-state index in [9.17, 15) is 9.59 Å². The third-order valence-electron chi connectivity index (χ3n) is 5.72. The van der Waals surface area contributed by atoms with E-state index >= 15 is 0 Å². The van der Waals surface area contributed by atoms with E-state index in [-0.39, 0.29) is 11.3 Å². The number of fused-ring (bicyclic) bond motifs is 1. The Labute approximate surface area is 204 Å². The Kier molecular flexibility index (Phi) is 6.40. The fourth-order valence-electron chi connectivity index (χ4n) is 3.97. The van der Waals surface area contributed by atoms with Crippen LogP contribution >= 0.6 is 23.5 Å². The summed E-state index contributed by atoms with van der Waals surface area (Å²) in [5, 5.41) is 13.7. The van der Waals surface area contributed by atoms with Crippen LogP contribution in [0.4, 0.5) is 0 Å². The van der Waals surface area contributed by atoms with Crippen LogP contribution in [-0.2, 0) is 21.4 Å². The zero-order chi connectivity index (χ0) is 23.7. The molecular weight excluding hydrogens is 472 g/mol. The Morgan fingerprint density at radius 2 is 1.79 bits per heavy atom. The lowest BCUT2D eigenvalue weighted by Gasteiger charge is -2.50. The van der Waals surface area contributed by atoms with Gasteiger partial charge in [-0.25, -0.2) is 9.48 Å². The molecule has 3 atom stereocenters. The van der Waals surface area contributed by atoms with Crippen LogP contribution in [0.2, 0.25) is 0 Å². The number of nitrogens with zero attached hydrogens (tertiary/aromatic N) is 5. The van der Waals surface area contributed by atoms with Gasteiger partial charge in [-0.1, -0.05) is 72.4 Å². The fraction of sp³-hybridized carbons (Fsp3) is 0.261. The van der Waals surface area contributed by atoms with Gasteiger partial charge in [-0.3, -0.25) is 4.79 Å². The van der Waals surface area contributed by atoms with Crippen LogP contribution in [0.25, 0.3) is 0 Å². The summed E-state index contributed by atoms with van der Waals surface area (Å²) in [6.07, 6.45) is -0.607. The Morgan fingerprint density at radius 3 is 2.38 bits per heavy atom. The van der Waals surface area contributed by atoms with Crippen LogP contribution in [0.15, 0.2) is 76.8 Å². The molecule has 34 heavy (non-hydrogen) atoms. The summed E-state index contributed by atoms with van der Waals surface area (Å²) in [4.78, 5) is 27.9. The maximum absolute atomic E-state index is 13.7. The van der Waals surface area contributed by atoms with E-state index in [0.29, 0.717) is 10.9 Å². The first-order valence-corrected chi connectivity index (χ1v) is 12.5. The summed E-state index contributed by atoms with van der Waals surface area (Å²) >= 11 is 2.84. The molecule has 0 bridgehead atoms. The highest BCUT2D eigenvalue weighted by molar-refractivity contribution is 8.03. The van der Waals surface area contributed by atoms with E-state index in [1.807, 2.05) is 66.1 Å². The second kappa shape index (κ2) is 9.61. The molecule has 5 rings (SSSR count). The summed E-state index contributed by atoms with van der Waals surface area (Å²) in [5.74, 6) is -0.328. The van der Waals surface area contributed by atoms with Crippen molar-refractivity contribution < 1.29 is 14.3 Å². The Balaban J connectivity index is 1.43. The summed E-state index contributed by atoms with van der Waals surface area (Å²) in [6, 6.07) is 17.6. The first kappa shape index (κ1) is 22.6. The molecule has 0 spiro atoms. The van der Waals surface area contributed by atoms with Gasteiger partial charge in [0, 0.05) is 12.8 Å². The SMILES string of the molecule is Cn1nnnc1SCC1=CS[C@@H]2C(N)C(=O)N2C1C(=O)OC(c1ccccc1)c1ccccc1. The van der Waals surface area contributed by atoms with E-state index in [1.165, 1.54) is 28.4 Å². The third kappa shape index (κ3) is 4.22.